The normalized spacial score (nSPS) is 12.6. The van der Waals surface area contributed by atoms with Gasteiger partial charge in [0.15, 0.2) is 0 Å². The van der Waals surface area contributed by atoms with E-state index in [4.69, 9.17) is 11.6 Å². The molecule has 1 aromatic carbocycles. The SMILES string of the molecule is CCCn1ncc(Cl)c1C(CSc1ccccc1Br)NC. The molecule has 1 heterocycles. The molecule has 1 atom stereocenters. The van der Waals surface area contributed by atoms with Crippen LogP contribution in [0.1, 0.15) is 25.1 Å². The van der Waals surface area contributed by atoms with E-state index in [0.717, 1.165) is 33.9 Å². The lowest BCUT2D eigenvalue weighted by Gasteiger charge is -2.18. The second-order valence-electron chi connectivity index (χ2n) is 4.68. The van der Waals surface area contributed by atoms with Crippen LogP contribution in [-0.2, 0) is 6.54 Å². The smallest absolute Gasteiger partial charge is 0.0834 e. The van der Waals surface area contributed by atoms with Gasteiger partial charge in [0.2, 0.25) is 0 Å². The zero-order chi connectivity index (χ0) is 15.2. The Hall–Kier alpha value is -0.490. The van der Waals surface area contributed by atoms with Crippen LogP contribution >= 0.6 is 39.3 Å². The Morgan fingerprint density at radius 3 is 2.86 bits per heavy atom. The van der Waals surface area contributed by atoms with Crippen LogP contribution in [0.2, 0.25) is 5.02 Å². The average molecular weight is 389 g/mol. The highest BCUT2D eigenvalue weighted by molar-refractivity contribution is 9.10. The molecular formula is C15H19BrClN3S. The Kier molecular flexibility index (Phi) is 6.61. The molecule has 0 radical (unpaired) electrons. The zero-order valence-electron chi connectivity index (χ0n) is 12.1. The van der Waals surface area contributed by atoms with Gasteiger partial charge in [0.25, 0.3) is 0 Å². The van der Waals surface area contributed by atoms with Crippen LogP contribution in [-0.4, -0.2) is 22.6 Å². The summed E-state index contributed by atoms with van der Waals surface area (Å²) in [6.07, 6.45) is 2.78. The highest BCUT2D eigenvalue weighted by atomic mass is 79.9. The maximum absolute atomic E-state index is 6.33. The number of hydrogen-bond acceptors (Lipinski definition) is 3. The van der Waals surface area contributed by atoms with Gasteiger partial charge in [0, 0.05) is 21.7 Å². The molecule has 1 N–H and O–H groups in total. The van der Waals surface area contributed by atoms with E-state index < -0.39 is 0 Å². The van der Waals surface area contributed by atoms with Gasteiger partial charge in [-0.1, -0.05) is 30.7 Å². The van der Waals surface area contributed by atoms with Gasteiger partial charge in [0.05, 0.1) is 23.0 Å². The van der Waals surface area contributed by atoms with Crippen molar-refractivity contribution >= 4 is 39.3 Å². The van der Waals surface area contributed by atoms with E-state index in [1.54, 1.807) is 18.0 Å². The third-order valence-corrected chi connectivity index (χ3v) is 5.60. The van der Waals surface area contributed by atoms with E-state index >= 15 is 0 Å². The minimum absolute atomic E-state index is 0.170. The first-order valence-electron chi connectivity index (χ1n) is 6.93. The number of benzene rings is 1. The molecule has 1 unspecified atom stereocenters. The molecule has 1 aromatic heterocycles. The summed E-state index contributed by atoms with van der Waals surface area (Å²) in [6.45, 7) is 3.03. The van der Waals surface area contributed by atoms with Gasteiger partial charge in [-0.2, -0.15) is 5.10 Å². The van der Waals surface area contributed by atoms with Crippen LogP contribution in [0.25, 0.3) is 0 Å². The Balaban J connectivity index is 2.13. The predicted molar refractivity (Wildman–Crippen MR) is 94.2 cm³/mol. The maximum atomic E-state index is 6.33. The van der Waals surface area contributed by atoms with Crippen LogP contribution in [0.4, 0.5) is 0 Å². The molecular weight excluding hydrogens is 370 g/mol. The van der Waals surface area contributed by atoms with Crippen molar-refractivity contribution in [2.45, 2.75) is 30.8 Å². The van der Waals surface area contributed by atoms with Gasteiger partial charge in [0.1, 0.15) is 0 Å². The van der Waals surface area contributed by atoms with Crippen LogP contribution in [0.3, 0.4) is 0 Å². The number of halogens is 2. The second-order valence-corrected chi connectivity index (χ2v) is 7.01. The number of hydrogen-bond donors (Lipinski definition) is 1. The van der Waals surface area contributed by atoms with Crippen molar-refractivity contribution in [3.63, 3.8) is 0 Å². The molecule has 0 saturated heterocycles. The molecule has 0 spiro atoms. The van der Waals surface area contributed by atoms with Crippen molar-refractivity contribution in [1.29, 1.82) is 0 Å². The first-order valence-corrected chi connectivity index (χ1v) is 9.08. The largest absolute Gasteiger partial charge is 0.311 e. The molecule has 0 bridgehead atoms. The molecule has 0 fully saturated rings. The van der Waals surface area contributed by atoms with E-state index in [0.29, 0.717) is 0 Å². The Morgan fingerprint density at radius 2 is 2.19 bits per heavy atom. The molecule has 21 heavy (non-hydrogen) atoms. The lowest BCUT2D eigenvalue weighted by molar-refractivity contribution is 0.524. The summed E-state index contributed by atoms with van der Waals surface area (Å²) in [6, 6.07) is 8.42. The number of thioether (sulfide) groups is 1. The number of aryl methyl sites for hydroxylation is 1. The predicted octanol–water partition coefficient (Wildman–Crippen LogP) is 4.76. The Morgan fingerprint density at radius 1 is 1.43 bits per heavy atom. The van der Waals surface area contributed by atoms with Crippen molar-refractivity contribution in [2.75, 3.05) is 12.8 Å². The summed E-state index contributed by atoms with van der Waals surface area (Å²) in [4.78, 5) is 1.23. The first kappa shape index (κ1) is 16.9. The fourth-order valence-electron chi connectivity index (χ4n) is 2.14. The van der Waals surface area contributed by atoms with Gasteiger partial charge in [-0.3, -0.25) is 4.68 Å². The number of nitrogens with zero attached hydrogens (tertiary/aromatic N) is 2. The summed E-state index contributed by atoms with van der Waals surface area (Å²) in [7, 11) is 1.96. The highest BCUT2D eigenvalue weighted by Crippen LogP contribution is 2.32. The van der Waals surface area contributed by atoms with Gasteiger partial charge >= 0.3 is 0 Å². The third kappa shape index (κ3) is 4.25. The minimum atomic E-state index is 0.170. The standard InChI is InChI=1S/C15H19BrClN3S/c1-3-8-20-15(12(17)9-19-20)13(18-2)10-21-14-7-5-4-6-11(14)16/h4-7,9,13,18H,3,8,10H2,1-2H3. The van der Waals surface area contributed by atoms with Crippen molar-refractivity contribution in [3.05, 3.63) is 45.7 Å². The van der Waals surface area contributed by atoms with Crippen molar-refractivity contribution < 1.29 is 0 Å². The van der Waals surface area contributed by atoms with Crippen molar-refractivity contribution in [2.24, 2.45) is 0 Å². The lowest BCUT2D eigenvalue weighted by atomic mass is 10.2. The van der Waals surface area contributed by atoms with Gasteiger partial charge in [-0.05, 0) is 41.5 Å². The van der Waals surface area contributed by atoms with E-state index in [1.807, 2.05) is 17.8 Å². The summed E-state index contributed by atoms with van der Waals surface area (Å²) in [5.74, 6) is 0.897. The Bertz CT molecular complexity index is 588. The number of aromatic nitrogens is 2. The van der Waals surface area contributed by atoms with E-state index in [2.05, 4.69) is 51.5 Å². The molecule has 3 nitrogen and oxygen atoms in total. The van der Waals surface area contributed by atoms with Gasteiger partial charge < -0.3 is 5.32 Å². The number of rotatable bonds is 7. The second kappa shape index (κ2) is 8.22. The summed E-state index contributed by atoms with van der Waals surface area (Å²) >= 11 is 11.7. The molecule has 0 aliphatic rings. The molecule has 114 valence electrons. The highest BCUT2D eigenvalue weighted by Gasteiger charge is 2.19. The summed E-state index contributed by atoms with van der Waals surface area (Å²) in [5, 5.41) is 8.46. The quantitative estimate of drug-likeness (QED) is 0.693. The minimum Gasteiger partial charge on any atom is -0.311 e. The van der Waals surface area contributed by atoms with Crippen LogP contribution in [0.5, 0.6) is 0 Å². The maximum Gasteiger partial charge on any atom is 0.0834 e. The summed E-state index contributed by atoms with van der Waals surface area (Å²) in [5.41, 5.74) is 1.07. The van der Waals surface area contributed by atoms with Gasteiger partial charge in [-0.15, -0.1) is 11.8 Å². The molecule has 0 saturated carbocycles. The molecule has 2 aromatic rings. The molecule has 2 rings (SSSR count). The van der Waals surface area contributed by atoms with Crippen LogP contribution in [0, 0.1) is 0 Å². The molecule has 0 amide bonds. The van der Waals surface area contributed by atoms with Crippen LogP contribution < -0.4 is 5.32 Å². The third-order valence-electron chi connectivity index (χ3n) is 3.19. The van der Waals surface area contributed by atoms with Crippen molar-refractivity contribution in [1.82, 2.24) is 15.1 Å². The van der Waals surface area contributed by atoms with E-state index in [9.17, 15) is 0 Å². The van der Waals surface area contributed by atoms with E-state index in [-0.39, 0.29) is 6.04 Å². The average Bonchev–Trinajstić information content (AvgIpc) is 2.84. The first-order chi connectivity index (χ1) is 10.2. The van der Waals surface area contributed by atoms with Crippen molar-refractivity contribution in [3.8, 4) is 0 Å². The van der Waals surface area contributed by atoms with E-state index in [1.165, 1.54) is 4.90 Å². The van der Waals surface area contributed by atoms with Gasteiger partial charge in [-0.25, -0.2) is 0 Å². The Labute approximate surface area is 143 Å². The summed E-state index contributed by atoms with van der Waals surface area (Å²) < 4.78 is 3.13. The number of nitrogens with one attached hydrogen (secondary N) is 1. The zero-order valence-corrected chi connectivity index (χ0v) is 15.3. The van der Waals surface area contributed by atoms with Crippen LogP contribution in [0.15, 0.2) is 39.8 Å². The fourth-order valence-corrected chi connectivity index (χ4v) is 4.09. The molecule has 6 heteroatoms. The molecule has 0 aliphatic heterocycles. The molecule has 0 aliphatic carbocycles. The topological polar surface area (TPSA) is 29.9 Å². The fraction of sp³-hybridized carbons (Fsp3) is 0.400. The monoisotopic (exact) mass is 387 g/mol. The lowest BCUT2D eigenvalue weighted by Crippen LogP contribution is -2.23.